The van der Waals surface area contributed by atoms with E-state index in [0.717, 1.165) is 29.9 Å². The Morgan fingerprint density at radius 3 is 2.80 bits per heavy atom. The van der Waals surface area contributed by atoms with Crippen LogP contribution in [0.5, 0.6) is 0 Å². The number of carbonyl (C=O) groups excluding carboxylic acids is 1. The summed E-state index contributed by atoms with van der Waals surface area (Å²) in [5.74, 6) is 0.895. The van der Waals surface area contributed by atoms with Crippen LogP contribution in [0.2, 0.25) is 0 Å². The molecule has 110 valence electrons. The summed E-state index contributed by atoms with van der Waals surface area (Å²) in [4.78, 5) is 12.2. The lowest BCUT2D eigenvalue weighted by atomic mass is 9.85. The Hall–Kier alpha value is -1.15. The molecule has 2 atom stereocenters. The highest BCUT2D eigenvalue weighted by molar-refractivity contribution is 5.98. The van der Waals surface area contributed by atoms with Gasteiger partial charge in [-0.1, -0.05) is 49.9 Å². The molecule has 0 N–H and O–H groups in total. The topological polar surface area (TPSA) is 26.3 Å². The van der Waals surface area contributed by atoms with Gasteiger partial charge in [0, 0.05) is 5.56 Å². The highest BCUT2D eigenvalue weighted by Crippen LogP contribution is 2.28. The molecule has 0 aromatic heterocycles. The highest BCUT2D eigenvalue weighted by atomic mass is 16.5. The lowest BCUT2D eigenvalue weighted by Crippen LogP contribution is -2.25. The van der Waals surface area contributed by atoms with Crippen molar-refractivity contribution in [2.75, 3.05) is 6.61 Å². The molecule has 0 amide bonds. The first-order chi connectivity index (χ1) is 9.60. The van der Waals surface area contributed by atoms with Gasteiger partial charge in [-0.2, -0.15) is 0 Å². The molecule has 2 heteroatoms. The van der Waals surface area contributed by atoms with E-state index in [1.165, 1.54) is 24.8 Å². The minimum Gasteiger partial charge on any atom is -0.370 e. The fourth-order valence-electron chi connectivity index (χ4n) is 3.16. The Morgan fingerprint density at radius 1 is 1.30 bits per heavy atom. The molecule has 20 heavy (non-hydrogen) atoms. The fraction of sp³-hybridized carbons (Fsp3) is 0.611. The van der Waals surface area contributed by atoms with Gasteiger partial charge < -0.3 is 4.74 Å². The molecule has 1 fully saturated rings. The third-order valence-electron chi connectivity index (χ3n) is 4.44. The van der Waals surface area contributed by atoms with Crippen LogP contribution < -0.4 is 0 Å². The van der Waals surface area contributed by atoms with Gasteiger partial charge in [-0.25, -0.2) is 0 Å². The lowest BCUT2D eigenvalue weighted by molar-refractivity contribution is 0.0156. The molecular weight excluding hydrogens is 248 g/mol. The minimum absolute atomic E-state index is 0.112. The van der Waals surface area contributed by atoms with Crippen LogP contribution in [0.25, 0.3) is 0 Å². The summed E-state index contributed by atoms with van der Waals surface area (Å²) in [5, 5.41) is 0. The third-order valence-corrected chi connectivity index (χ3v) is 4.44. The molecule has 0 spiro atoms. The van der Waals surface area contributed by atoms with Gasteiger partial charge in [-0.3, -0.25) is 4.79 Å². The average Bonchev–Trinajstić information content (AvgIpc) is 2.45. The number of hydrogen-bond donors (Lipinski definition) is 0. The molecular formula is C18H26O2. The Balaban J connectivity index is 1.88. The second-order valence-corrected chi connectivity index (χ2v) is 6.12. The number of Topliss-reactive ketones (excluding diaryl/α,β-unsaturated/α-hetero) is 1. The summed E-state index contributed by atoms with van der Waals surface area (Å²) < 4.78 is 5.87. The van der Waals surface area contributed by atoms with Crippen LogP contribution in [-0.2, 0) is 4.74 Å². The van der Waals surface area contributed by atoms with Gasteiger partial charge in [0.1, 0.15) is 6.61 Å². The molecule has 1 aliphatic rings. The highest BCUT2D eigenvalue weighted by Gasteiger charge is 2.22. The first kappa shape index (κ1) is 15.2. The molecule has 1 aromatic rings. The van der Waals surface area contributed by atoms with Crippen molar-refractivity contribution in [1.29, 1.82) is 0 Å². The summed E-state index contributed by atoms with van der Waals surface area (Å²) in [6.07, 6.45) is 6.30. The van der Waals surface area contributed by atoms with Crippen molar-refractivity contribution in [3.8, 4) is 0 Å². The smallest absolute Gasteiger partial charge is 0.188 e. The number of ketones is 1. The van der Waals surface area contributed by atoms with Crippen molar-refractivity contribution >= 4 is 5.78 Å². The van der Waals surface area contributed by atoms with E-state index in [-0.39, 0.29) is 18.5 Å². The SMILES string of the molecule is CCC1CCCC(OCC(=O)c2ccc(C)cc2C)C1. The molecule has 2 unspecified atom stereocenters. The maximum absolute atomic E-state index is 12.2. The zero-order valence-electron chi connectivity index (χ0n) is 12.9. The van der Waals surface area contributed by atoms with E-state index >= 15 is 0 Å². The van der Waals surface area contributed by atoms with Crippen LogP contribution in [0.1, 0.15) is 60.5 Å². The normalized spacial score (nSPS) is 22.8. The van der Waals surface area contributed by atoms with Gasteiger partial charge in [0.25, 0.3) is 0 Å². The first-order valence-electron chi connectivity index (χ1n) is 7.82. The van der Waals surface area contributed by atoms with Gasteiger partial charge in [0.2, 0.25) is 0 Å². The summed E-state index contributed by atoms with van der Waals surface area (Å²) >= 11 is 0. The van der Waals surface area contributed by atoms with Crippen LogP contribution in [0, 0.1) is 19.8 Å². The Kier molecular flexibility index (Phi) is 5.36. The number of rotatable bonds is 5. The van der Waals surface area contributed by atoms with Gasteiger partial charge >= 0.3 is 0 Å². The van der Waals surface area contributed by atoms with Crippen molar-refractivity contribution in [1.82, 2.24) is 0 Å². The van der Waals surface area contributed by atoms with E-state index in [4.69, 9.17) is 4.74 Å². The standard InChI is InChI=1S/C18H26O2/c1-4-15-6-5-7-16(11-15)20-12-18(19)17-9-8-13(2)10-14(17)3/h8-10,15-16H,4-7,11-12H2,1-3H3. The van der Waals surface area contributed by atoms with Gasteiger partial charge in [-0.05, 0) is 38.2 Å². The van der Waals surface area contributed by atoms with Crippen LogP contribution >= 0.6 is 0 Å². The lowest BCUT2D eigenvalue weighted by Gasteiger charge is -2.28. The maximum atomic E-state index is 12.2. The van der Waals surface area contributed by atoms with Crippen molar-refractivity contribution in [3.63, 3.8) is 0 Å². The van der Waals surface area contributed by atoms with Crippen molar-refractivity contribution in [3.05, 3.63) is 34.9 Å². The molecule has 0 heterocycles. The van der Waals surface area contributed by atoms with E-state index < -0.39 is 0 Å². The minimum atomic E-state index is 0.112. The van der Waals surface area contributed by atoms with Crippen molar-refractivity contribution < 1.29 is 9.53 Å². The predicted molar refractivity (Wildman–Crippen MR) is 82.2 cm³/mol. The Labute approximate surface area is 122 Å². The van der Waals surface area contributed by atoms with Crippen molar-refractivity contribution in [2.45, 2.75) is 59.0 Å². The molecule has 1 aliphatic carbocycles. The second-order valence-electron chi connectivity index (χ2n) is 6.12. The monoisotopic (exact) mass is 274 g/mol. The van der Waals surface area contributed by atoms with Crippen LogP contribution in [-0.4, -0.2) is 18.5 Å². The molecule has 0 radical (unpaired) electrons. The second kappa shape index (κ2) is 7.03. The molecule has 1 saturated carbocycles. The molecule has 0 saturated heterocycles. The van der Waals surface area contributed by atoms with E-state index in [9.17, 15) is 4.79 Å². The maximum Gasteiger partial charge on any atom is 0.188 e. The summed E-state index contributed by atoms with van der Waals surface area (Å²) in [7, 11) is 0. The van der Waals surface area contributed by atoms with Crippen LogP contribution in [0.15, 0.2) is 18.2 Å². The number of aryl methyl sites for hydroxylation is 2. The summed E-state index contributed by atoms with van der Waals surface area (Å²) in [5.41, 5.74) is 3.05. The Bertz CT molecular complexity index is 464. The van der Waals surface area contributed by atoms with E-state index in [1.54, 1.807) is 0 Å². The molecule has 0 aliphatic heterocycles. The van der Waals surface area contributed by atoms with Crippen LogP contribution in [0.4, 0.5) is 0 Å². The number of hydrogen-bond acceptors (Lipinski definition) is 2. The Morgan fingerprint density at radius 2 is 2.10 bits per heavy atom. The van der Waals surface area contributed by atoms with Crippen LogP contribution in [0.3, 0.4) is 0 Å². The fourth-order valence-corrected chi connectivity index (χ4v) is 3.16. The van der Waals surface area contributed by atoms with E-state index in [2.05, 4.69) is 13.0 Å². The predicted octanol–water partition coefficient (Wildman–Crippen LogP) is 4.47. The van der Waals surface area contributed by atoms with E-state index in [1.807, 2.05) is 26.0 Å². The summed E-state index contributed by atoms with van der Waals surface area (Å²) in [6, 6.07) is 5.97. The first-order valence-corrected chi connectivity index (χ1v) is 7.82. The summed E-state index contributed by atoms with van der Waals surface area (Å²) in [6.45, 7) is 6.51. The molecule has 2 nitrogen and oxygen atoms in total. The zero-order valence-corrected chi connectivity index (χ0v) is 12.9. The number of benzene rings is 1. The van der Waals surface area contributed by atoms with Gasteiger partial charge in [0.15, 0.2) is 5.78 Å². The zero-order chi connectivity index (χ0) is 14.5. The molecule has 0 bridgehead atoms. The van der Waals surface area contributed by atoms with E-state index in [0.29, 0.717) is 0 Å². The molecule has 2 rings (SSSR count). The van der Waals surface area contributed by atoms with Gasteiger partial charge in [-0.15, -0.1) is 0 Å². The third kappa shape index (κ3) is 3.92. The largest absolute Gasteiger partial charge is 0.370 e. The molecule has 1 aromatic carbocycles. The average molecular weight is 274 g/mol. The quantitative estimate of drug-likeness (QED) is 0.740. The number of ether oxygens (including phenoxy) is 1. The van der Waals surface area contributed by atoms with Crippen molar-refractivity contribution in [2.24, 2.45) is 5.92 Å². The number of carbonyl (C=O) groups is 1. The van der Waals surface area contributed by atoms with Gasteiger partial charge in [0.05, 0.1) is 6.10 Å².